The Morgan fingerprint density at radius 1 is 1.30 bits per heavy atom. The summed E-state index contributed by atoms with van der Waals surface area (Å²) < 4.78 is 16.2. The highest BCUT2D eigenvalue weighted by molar-refractivity contribution is 5.69. The van der Waals surface area contributed by atoms with Crippen LogP contribution in [-0.4, -0.2) is 25.5 Å². The monoisotopic (exact) mass is 278 g/mol. The fourth-order valence-electron chi connectivity index (χ4n) is 2.17. The minimum Gasteiger partial charge on any atom is -0.466 e. The third-order valence-electron chi connectivity index (χ3n) is 3.25. The van der Waals surface area contributed by atoms with Crippen LogP contribution in [0.5, 0.6) is 5.75 Å². The summed E-state index contributed by atoms with van der Waals surface area (Å²) in [4.78, 5) is 11.3. The SMILES string of the molecule is CCOC(=O)CCc1ccc(OC2CCCCO2)cc1. The van der Waals surface area contributed by atoms with Crippen LogP contribution in [0.4, 0.5) is 0 Å². The van der Waals surface area contributed by atoms with Crippen LogP contribution in [-0.2, 0) is 20.7 Å². The number of hydrogen-bond donors (Lipinski definition) is 0. The lowest BCUT2D eigenvalue weighted by Gasteiger charge is -2.23. The fourth-order valence-corrected chi connectivity index (χ4v) is 2.17. The highest BCUT2D eigenvalue weighted by Gasteiger charge is 2.14. The molecule has 0 spiro atoms. The van der Waals surface area contributed by atoms with Crippen LogP contribution in [0.2, 0.25) is 0 Å². The van der Waals surface area contributed by atoms with Gasteiger partial charge in [-0.25, -0.2) is 0 Å². The van der Waals surface area contributed by atoms with Crippen molar-refractivity contribution in [2.24, 2.45) is 0 Å². The number of esters is 1. The molecular formula is C16H22O4. The van der Waals surface area contributed by atoms with E-state index in [1.165, 1.54) is 0 Å². The second-order valence-electron chi connectivity index (χ2n) is 4.86. The number of carbonyl (C=O) groups is 1. The predicted octanol–water partition coefficient (Wildman–Crippen LogP) is 3.09. The lowest BCUT2D eigenvalue weighted by Crippen LogP contribution is -2.24. The van der Waals surface area contributed by atoms with Crippen molar-refractivity contribution in [1.82, 2.24) is 0 Å². The number of benzene rings is 1. The number of rotatable bonds is 6. The van der Waals surface area contributed by atoms with Crippen molar-refractivity contribution in [3.05, 3.63) is 29.8 Å². The average molecular weight is 278 g/mol. The Bertz CT molecular complexity index is 407. The summed E-state index contributed by atoms with van der Waals surface area (Å²) in [5, 5.41) is 0. The number of aryl methyl sites for hydroxylation is 1. The molecule has 0 aliphatic carbocycles. The number of carbonyl (C=O) groups excluding carboxylic acids is 1. The Hall–Kier alpha value is -1.55. The Morgan fingerprint density at radius 2 is 2.10 bits per heavy atom. The summed E-state index contributed by atoms with van der Waals surface area (Å²) in [7, 11) is 0. The maximum atomic E-state index is 11.3. The van der Waals surface area contributed by atoms with E-state index < -0.39 is 0 Å². The molecule has 1 fully saturated rings. The zero-order chi connectivity index (χ0) is 14.2. The molecule has 1 aromatic rings. The predicted molar refractivity (Wildman–Crippen MR) is 75.6 cm³/mol. The number of ether oxygens (including phenoxy) is 3. The quantitative estimate of drug-likeness (QED) is 0.750. The standard InChI is InChI=1S/C16H22O4/c1-2-18-15(17)11-8-13-6-9-14(10-7-13)20-16-5-3-4-12-19-16/h6-7,9-10,16H,2-5,8,11-12H2,1H3. The summed E-state index contributed by atoms with van der Waals surface area (Å²) in [6.07, 6.45) is 4.22. The van der Waals surface area contributed by atoms with E-state index in [0.29, 0.717) is 19.4 Å². The molecule has 0 N–H and O–H groups in total. The Labute approximate surface area is 120 Å². The Kier molecular flexibility index (Phi) is 5.87. The zero-order valence-corrected chi connectivity index (χ0v) is 12.0. The minimum absolute atomic E-state index is 0.117. The summed E-state index contributed by atoms with van der Waals surface area (Å²) in [5.41, 5.74) is 1.11. The van der Waals surface area contributed by atoms with Crippen molar-refractivity contribution in [1.29, 1.82) is 0 Å². The van der Waals surface area contributed by atoms with Crippen molar-refractivity contribution >= 4 is 5.97 Å². The van der Waals surface area contributed by atoms with Gasteiger partial charge in [-0.15, -0.1) is 0 Å². The molecule has 0 radical (unpaired) electrons. The van der Waals surface area contributed by atoms with Crippen LogP contribution in [0.15, 0.2) is 24.3 Å². The van der Waals surface area contributed by atoms with E-state index in [0.717, 1.165) is 37.2 Å². The first-order valence-electron chi connectivity index (χ1n) is 7.30. The topological polar surface area (TPSA) is 44.8 Å². The molecular weight excluding hydrogens is 256 g/mol. The van der Waals surface area contributed by atoms with Crippen LogP contribution >= 0.6 is 0 Å². The average Bonchev–Trinajstić information content (AvgIpc) is 2.48. The highest BCUT2D eigenvalue weighted by Crippen LogP contribution is 2.20. The van der Waals surface area contributed by atoms with Crippen molar-refractivity contribution < 1.29 is 19.0 Å². The molecule has 1 saturated heterocycles. The molecule has 1 atom stereocenters. The molecule has 2 rings (SSSR count). The van der Waals surface area contributed by atoms with Gasteiger partial charge in [0.1, 0.15) is 5.75 Å². The summed E-state index contributed by atoms with van der Waals surface area (Å²) >= 11 is 0. The van der Waals surface area contributed by atoms with Crippen molar-refractivity contribution in [3.8, 4) is 5.75 Å². The van der Waals surface area contributed by atoms with Crippen LogP contribution in [0.3, 0.4) is 0 Å². The van der Waals surface area contributed by atoms with E-state index in [-0.39, 0.29) is 12.3 Å². The van der Waals surface area contributed by atoms with Crippen molar-refractivity contribution in [2.75, 3.05) is 13.2 Å². The van der Waals surface area contributed by atoms with Gasteiger partial charge in [0.2, 0.25) is 0 Å². The van der Waals surface area contributed by atoms with E-state index in [9.17, 15) is 4.79 Å². The molecule has 1 aliphatic rings. The first-order chi connectivity index (χ1) is 9.78. The van der Waals surface area contributed by atoms with Crippen LogP contribution < -0.4 is 4.74 Å². The van der Waals surface area contributed by atoms with E-state index >= 15 is 0 Å². The molecule has 0 saturated carbocycles. The van der Waals surface area contributed by atoms with Gasteiger partial charge in [0, 0.05) is 12.8 Å². The molecule has 20 heavy (non-hydrogen) atoms. The van der Waals surface area contributed by atoms with Gasteiger partial charge in [-0.2, -0.15) is 0 Å². The molecule has 1 heterocycles. The summed E-state index contributed by atoms with van der Waals surface area (Å²) in [5.74, 6) is 0.667. The van der Waals surface area contributed by atoms with Gasteiger partial charge in [0.05, 0.1) is 13.2 Å². The van der Waals surface area contributed by atoms with E-state index in [1.807, 2.05) is 31.2 Å². The van der Waals surface area contributed by atoms with Gasteiger partial charge in [-0.1, -0.05) is 12.1 Å². The van der Waals surface area contributed by atoms with Crippen LogP contribution in [0.1, 0.15) is 38.2 Å². The summed E-state index contributed by atoms with van der Waals surface area (Å²) in [6.45, 7) is 3.03. The van der Waals surface area contributed by atoms with E-state index in [2.05, 4.69) is 0 Å². The largest absolute Gasteiger partial charge is 0.466 e. The van der Waals surface area contributed by atoms with Gasteiger partial charge in [0.25, 0.3) is 0 Å². The first kappa shape index (κ1) is 14.9. The van der Waals surface area contributed by atoms with Gasteiger partial charge in [-0.3, -0.25) is 4.79 Å². The maximum absolute atomic E-state index is 11.3. The first-order valence-corrected chi connectivity index (χ1v) is 7.30. The molecule has 4 heteroatoms. The molecule has 4 nitrogen and oxygen atoms in total. The second-order valence-corrected chi connectivity index (χ2v) is 4.86. The number of hydrogen-bond acceptors (Lipinski definition) is 4. The molecule has 1 unspecified atom stereocenters. The molecule has 1 aliphatic heterocycles. The lowest BCUT2D eigenvalue weighted by atomic mass is 10.1. The Morgan fingerprint density at radius 3 is 2.75 bits per heavy atom. The lowest BCUT2D eigenvalue weighted by molar-refractivity contribution is -0.143. The molecule has 0 amide bonds. The molecule has 1 aromatic carbocycles. The van der Waals surface area contributed by atoms with E-state index in [1.54, 1.807) is 0 Å². The molecule has 110 valence electrons. The third kappa shape index (κ3) is 4.85. The minimum atomic E-state index is -0.150. The van der Waals surface area contributed by atoms with E-state index in [4.69, 9.17) is 14.2 Å². The second kappa shape index (κ2) is 7.90. The molecule has 0 bridgehead atoms. The highest BCUT2D eigenvalue weighted by atomic mass is 16.7. The smallest absolute Gasteiger partial charge is 0.306 e. The zero-order valence-electron chi connectivity index (χ0n) is 12.0. The fraction of sp³-hybridized carbons (Fsp3) is 0.562. The van der Waals surface area contributed by atoms with Gasteiger partial charge in [-0.05, 0) is 43.9 Å². The van der Waals surface area contributed by atoms with Crippen molar-refractivity contribution in [2.45, 2.75) is 45.3 Å². The third-order valence-corrected chi connectivity index (χ3v) is 3.25. The summed E-state index contributed by atoms with van der Waals surface area (Å²) in [6, 6.07) is 7.83. The molecule has 0 aromatic heterocycles. The maximum Gasteiger partial charge on any atom is 0.306 e. The normalized spacial score (nSPS) is 18.6. The Balaban J connectivity index is 1.78. The van der Waals surface area contributed by atoms with Crippen LogP contribution in [0, 0.1) is 0 Å². The van der Waals surface area contributed by atoms with Gasteiger partial charge < -0.3 is 14.2 Å². The van der Waals surface area contributed by atoms with Crippen LogP contribution in [0.25, 0.3) is 0 Å². The van der Waals surface area contributed by atoms with Gasteiger partial charge in [0.15, 0.2) is 6.29 Å². The van der Waals surface area contributed by atoms with Crippen molar-refractivity contribution in [3.63, 3.8) is 0 Å². The van der Waals surface area contributed by atoms with Gasteiger partial charge >= 0.3 is 5.97 Å².